The van der Waals surface area contributed by atoms with Gasteiger partial charge in [0.25, 0.3) is 0 Å². The topological polar surface area (TPSA) is 29.1 Å². The van der Waals surface area contributed by atoms with E-state index < -0.39 is 5.41 Å². The molecule has 0 aromatic heterocycles. The van der Waals surface area contributed by atoms with Crippen molar-refractivity contribution >= 4 is 11.6 Å². The van der Waals surface area contributed by atoms with Gasteiger partial charge in [-0.3, -0.25) is 4.79 Å². The summed E-state index contributed by atoms with van der Waals surface area (Å²) in [4.78, 5) is 11.9. The lowest BCUT2D eigenvalue weighted by Crippen LogP contribution is -2.30. The van der Waals surface area contributed by atoms with Crippen molar-refractivity contribution in [3.05, 3.63) is 29.6 Å². The number of para-hydroxylation sites is 1. The molecule has 1 aromatic carbocycles. The molecule has 16 heavy (non-hydrogen) atoms. The van der Waals surface area contributed by atoms with E-state index in [9.17, 15) is 9.18 Å². The predicted molar refractivity (Wildman–Crippen MR) is 61.9 cm³/mol. The summed E-state index contributed by atoms with van der Waals surface area (Å²) in [7, 11) is 0. The summed E-state index contributed by atoms with van der Waals surface area (Å²) in [5, 5.41) is 2.65. The molecule has 0 bridgehead atoms. The second-order valence-electron chi connectivity index (χ2n) is 4.55. The average Bonchev–Trinajstić information content (AvgIpc) is 2.52. The van der Waals surface area contributed by atoms with Gasteiger partial charge >= 0.3 is 0 Å². The molecule has 0 saturated carbocycles. The highest BCUT2D eigenvalue weighted by atomic mass is 19.1. The van der Waals surface area contributed by atoms with Crippen LogP contribution in [0.3, 0.4) is 0 Å². The van der Waals surface area contributed by atoms with E-state index in [4.69, 9.17) is 0 Å². The fourth-order valence-corrected chi connectivity index (χ4v) is 2.26. The van der Waals surface area contributed by atoms with Crippen molar-refractivity contribution in [2.75, 3.05) is 5.32 Å². The van der Waals surface area contributed by atoms with Crippen molar-refractivity contribution in [1.82, 2.24) is 0 Å². The number of nitrogens with one attached hydrogen (secondary N) is 1. The predicted octanol–water partition coefficient (Wildman–Crippen LogP) is 3.23. The van der Waals surface area contributed by atoms with Crippen LogP contribution in [-0.2, 0) is 10.2 Å². The van der Waals surface area contributed by atoms with Gasteiger partial charge in [0, 0.05) is 0 Å². The highest BCUT2D eigenvalue weighted by Crippen LogP contribution is 2.42. The van der Waals surface area contributed by atoms with Crippen LogP contribution >= 0.6 is 0 Å². The molecular formula is C13H16FNO. The molecule has 0 aliphatic carbocycles. The molecule has 3 heteroatoms. The summed E-state index contributed by atoms with van der Waals surface area (Å²) in [5.41, 5.74) is 0.602. The van der Waals surface area contributed by atoms with E-state index in [1.165, 1.54) is 6.07 Å². The van der Waals surface area contributed by atoms with Crippen LogP contribution in [0.25, 0.3) is 0 Å². The highest BCUT2D eigenvalue weighted by Gasteiger charge is 2.42. The van der Waals surface area contributed by atoms with Crippen LogP contribution in [0.15, 0.2) is 18.2 Å². The Morgan fingerprint density at radius 3 is 2.88 bits per heavy atom. The summed E-state index contributed by atoms with van der Waals surface area (Å²) < 4.78 is 13.5. The number of carbonyl (C=O) groups excluding carboxylic acids is 1. The Morgan fingerprint density at radius 2 is 2.19 bits per heavy atom. The molecule has 2 rings (SSSR count). The van der Waals surface area contributed by atoms with Crippen molar-refractivity contribution in [1.29, 1.82) is 0 Å². The molecule has 1 amide bonds. The molecule has 0 radical (unpaired) electrons. The molecule has 1 heterocycles. The monoisotopic (exact) mass is 221 g/mol. The van der Waals surface area contributed by atoms with Gasteiger partial charge < -0.3 is 5.32 Å². The van der Waals surface area contributed by atoms with Crippen molar-refractivity contribution in [2.45, 2.75) is 38.5 Å². The second-order valence-corrected chi connectivity index (χ2v) is 4.55. The van der Waals surface area contributed by atoms with E-state index in [2.05, 4.69) is 12.2 Å². The molecule has 1 aliphatic rings. The Morgan fingerprint density at radius 1 is 1.44 bits per heavy atom. The minimum atomic E-state index is -0.562. The molecule has 0 fully saturated rings. The third kappa shape index (κ3) is 1.51. The zero-order chi connectivity index (χ0) is 11.8. The van der Waals surface area contributed by atoms with Crippen molar-refractivity contribution < 1.29 is 9.18 Å². The lowest BCUT2D eigenvalue weighted by Gasteiger charge is -2.21. The Labute approximate surface area is 94.9 Å². The van der Waals surface area contributed by atoms with Gasteiger partial charge in [0.2, 0.25) is 5.91 Å². The lowest BCUT2D eigenvalue weighted by atomic mass is 9.79. The number of hydrogen-bond donors (Lipinski definition) is 1. The number of amides is 1. The Hall–Kier alpha value is -1.38. The van der Waals surface area contributed by atoms with Crippen molar-refractivity contribution in [3.63, 3.8) is 0 Å². The number of halogens is 1. The quantitative estimate of drug-likeness (QED) is 0.834. The van der Waals surface area contributed by atoms with E-state index in [0.29, 0.717) is 5.69 Å². The van der Waals surface area contributed by atoms with Gasteiger partial charge in [-0.1, -0.05) is 31.9 Å². The van der Waals surface area contributed by atoms with E-state index >= 15 is 0 Å². The zero-order valence-electron chi connectivity index (χ0n) is 9.64. The lowest BCUT2D eigenvalue weighted by molar-refractivity contribution is -0.120. The standard InChI is InChI=1S/C13H16FNO/c1-3-4-8-13(2)9-6-5-7-10(14)11(9)15-12(13)16/h5-7H,3-4,8H2,1-2H3,(H,15,16). The maximum absolute atomic E-state index is 13.5. The fourth-order valence-electron chi connectivity index (χ4n) is 2.26. The van der Waals surface area contributed by atoms with Crippen LogP contribution < -0.4 is 5.32 Å². The summed E-state index contributed by atoms with van der Waals surface area (Å²) in [6.45, 7) is 3.98. The minimum absolute atomic E-state index is 0.0824. The molecule has 1 unspecified atom stereocenters. The maximum atomic E-state index is 13.5. The smallest absolute Gasteiger partial charge is 0.234 e. The molecule has 1 N–H and O–H groups in total. The number of anilines is 1. The Balaban J connectivity index is 2.43. The molecule has 1 aromatic rings. The Kier molecular flexibility index (Phi) is 2.70. The van der Waals surface area contributed by atoms with Crippen LogP contribution in [0, 0.1) is 5.82 Å². The van der Waals surface area contributed by atoms with Crippen molar-refractivity contribution in [2.24, 2.45) is 0 Å². The number of benzene rings is 1. The van der Waals surface area contributed by atoms with Gasteiger partial charge in [0.15, 0.2) is 0 Å². The van der Waals surface area contributed by atoms with Crippen LogP contribution in [0.4, 0.5) is 10.1 Å². The SMILES string of the molecule is CCCCC1(C)C(=O)Nc2c(F)cccc21. The molecule has 86 valence electrons. The van der Waals surface area contributed by atoms with Gasteiger partial charge in [-0.15, -0.1) is 0 Å². The molecular weight excluding hydrogens is 205 g/mol. The third-order valence-electron chi connectivity index (χ3n) is 3.38. The van der Waals surface area contributed by atoms with Gasteiger partial charge in [-0.05, 0) is 25.0 Å². The number of unbranched alkanes of at least 4 members (excludes halogenated alkanes) is 1. The number of rotatable bonds is 3. The Bertz CT molecular complexity index is 430. The summed E-state index contributed by atoms with van der Waals surface area (Å²) in [6, 6.07) is 4.88. The number of fused-ring (bicyclic) bond motifs is 1. The molecule has 1 atom stereocenters. The van der Waals surface area contributed by atoms with E-state index in [1.807, 2.05) is 13.0 Å². The van der Waals surface area contributed by atoms with E-state index in [1.54, 1.807) is 6.07 Å². The van der Waals surface area contributed by atoms with Crippen LogP contribution in [0.1, 0.15) is 38.7 Å². The van der Waals surface area contributed by atoms with E-state index in [-0.39, 0.29) is 11.7 Å². The van der Waals surface area contributed by atoms with Crippen LogP contribution in [0.2, 0.25) is 0 Å². The number of carbonyl (C=O) groups is 1. The van der Waals surface area contributed by atoms with Crippen molar-refractivity contribution in [3.8, 4) is 0 Å². The minimum Gasteiger partial charge on any atom is -0.323 e. The maximum Gasteiger partial charge on any atom is 0.234 e. The average molecular weight is 221 g/mol. The third-order valence-corrected chi connectivity index (χ3v) is 3.38. The summed E-state index contributed by atoms with van der Waals surface area (Å²) in [5.74, 6) is -0.424. The highest BCUT2D eigenvalue weighted by molar-refractivity contribution is 6.06. The molecule has 2 nitrogen and oxygen atoms in total. The molecule has 1 aliphatic heterocycles. The van der Waals surface area contributed by atoms with Gasteiger partial charge in [-0.2, -0.15) is 0 Å². The normalized spacial score (nSPS) is 23.1. The van der Waals surface area contributed by atoms with Gasteiger partial charge in [0.05, 0.1) is 11.1 Å². The van der Waals surface area contributed by atoms with Crippen LogP contribution in [0.5, 0.6) is 0 Å². The second kappa shape index (κ2) is 3.89. The number of hydrogen-bond acceptors (Lipinski definition) is 1. The largest absolute Gasteiger partial charge is 0.323 e. The molecule has 0 saturated heterocycles. The summed E-state index contributed by atoms with van der Waals surface area (Å²) >= 11 is 0. The van der Waals surface area contributed by atoms with Crippen LogP contribution in [-0.4, -0.2) is 5.91 Å². The first-order valence-electron chi connectivity index (χ1n) is 5.70. The molecule has 0 spiro atoms. The van der Waals surface area contributed by atoms with E-state index in [0.717, 1.165) is 24.8 Å². The first-order valence-corrected chi connectivity index (χ1v) is 5.70. The summed E-state index contributed by atoms with van der Waals surface area (Å²) in [6.07, 6.45) is 2.78. The first-order chi connectivity index (χ1) is 7.59. The first kappa shape index (κ1) is 11.1. The fraction of sp³-hybridized carbons (Fsp3) is 0.462. The zero-order valence-corrected chi connectivity index (χ0v) is 9.64. The van der Waals surface area contributed by atoms with Gasteiger partial charge in [-0.25, -0.2) is 4.39 Å². The van der Waals surface area contributed by atoms with Gasteiger partial charge in [0.1, 0.15) is 5.82 Å².